The Morgan fingerprint density at radius 1 is 0.857 bits per heavy atom. The van der Waals surface area contributed by atoms with E-state index in [1.807, 2.05) is 12.2 Å². The monoisotopic (exact) mass is 293 g/mol. The number of carbonyl (C=O) groups is 1. The Bertz CT molecular complexity index is 319. The Morgan fingerprint density at radius 3 is 2.05 bits per heavy atom. The average molecular weight is 293 g/mol. The lowest BCUT2D eigenvalue weighted by Crippen LogP contribution is -2.05. The number of hydrogen-bond acceptors (Lipinski definition) is 3. The second-order valence-electron chi connectivity index (χ2n) is 5.23. The van der Waals surface area contributed by atoms with Crippen molar-refractivity contribution in [2.45, 2.75) is 71.1 Å². The molecule has 0 unspecified atom stereocenters. The van der Waals surface area contributed by atoms with Crippen LogP contribution >= 0.6 is 0 Å². The van der Waals surface area contributed by atoms with Gasteiger partial charge < -0.3 is 4.84 Å². The largest absolute Gasteiger partial charge is 0.370 e. The van der Waals surface area contributed by atoms with Crippen LogP contribution in [0.3, 0.4) is 0 Å². The van der Waals surface area contributed by atoms with Crippen LogP contribution in [0.1, 0.15) is 71.1 Å². The molecule has 0 aliphatic carbocycles. The Balaban J connectivity index is 3.31. The van der Waals surface area contributed by atoms with E-state index in [0.717, 1.165) is 6.42 Å². The molecule has 0 amide bonds. The van der Waals surface area contributed by atoms with Gasteiger partial charge in [0.1, 0.15) is 0 Å². The van der Waals surface area contributed by atoms with Crippen LogP contribution in [-0.4, -0.2) is 5.97 Å². The summed E-state index contributed by atoms with van der Waals surface area (Å²) in [5.74, 6) is 4.15. The molecule has 0 aliphatic rings. The van der Waals surface area contributed by atoms with Crippen LogP contribution in [0.5, 0.6) is 0 Å². The number of carbonyl (C=O) groups excluding carboxylic acids is 1. The molecular weight excluding hydrogens is 262 g/mol. The standard InChI is InChI=1S/C18H31NO2/c1-2-3-4-5-6-7-8-9-10-11-12-13-14-15-16-17-18(20)21-19/h12-17H,2-11,19H2,1H3/b13-12+,15-14+,17-16+. The molecule has 3 nitrogen and oxygen atoms in total. The van der Waals surface area contributed by atoms with Gasteiger partial charge in [0.25, 0.3) is 0 Å². The molecule has 0 rings (SSSR count). The Hall–Kier alpha value is -1.35. The van der Waals surface area contributed by atoms with Crippen molar-refractivity contribution in [1.29, 1.82) is 0 Å². The number of rotatable bonds is 13. The quantitative estimate of drug-likeness (QED) is 0.225. The van der Waals surface area contributed by atoms with Gasteiger partial charge in [-0.05, 0) is 12.8 Å². The molecule has 0 saturated carbocycles. The molecule has 0 aromatic heterocycles. The summed E-state index contributed by atoms with van der Waals surface area (Å²) in [6.07, 6.45) is 24.1. The lowest BCUT2D eigenvalue weighted by molar-refractivity contribution is -0.138. The molecule has 0 radical (unpaired) electrons. The van der Waals surface area contributed by atoms with Crippen LogP contribution in [0, 0.1) is 0 Å². The fourth-order valence-corrected chi connectivity index (χ4v) is 2.05. The minimum atomic E-state index is -0.543. The maximum Gasteiger partial charge on any atom is 0.349 e. The molecule has 0 saturated heterocycles. The molecule has 0 spiro atoms. The van der Waals surface area contributed by atoms with Gasteiger partial charge in [0.05, 0.1) is 0 Å². The number of unbranched alkanes of at least 4 members (excludes halogenated alkanes) is 9. The van der Waals surface area contributed by atoms with Crippen molar-refractivity contribution in [2.75, 3.05) is 0 Å². The zero-order valence-electron chi connectivity index (χ0n) is 13.4. The lowest BCUT2D eigenvalue weighted by atomic mass is 10.1. The fraction of sp³-hybridized carbons (Fsp3) is 0.611. The van der Waals surface area contributed by atoms with Gasteiger partial charge in [-0.15, -0.1) is 0 Å². The zero-order valence-corrected chi connectivity index (χ0v) is 13.4. The fourth-order valence-electron chi connectivity index (χ4n) is 2.05. The van der Waals surface area contributed by atoms with Gasteiger partial charge in [0, 0.05) is 6.08 Å². The molecule has 0 fully saturated rings. The van der Waals surface area contributed by atoms with E-state index in [0.29, 0.717) is 0 Å². The van der Waals surface area contributed by atoms with Gasteiger partial charge in [-0.1, -0.05) is 88.7 Å². The van der Waals surface area contributed by atoms with Crippen LogP contribution in [0.15, 0.2) is 36.5 Å². The zero-order chi connectivity index (χ0) is 15.6. The molecule has 120 valence electrons. The first-order valence-corrected chi connectivity index (χ1v) is 8.21. The summed E-state index contributed by atoms with van der Waals surface area (Å²) in [5, 5.41) is 0. The van der Waals surface area contributed by atoms with Crippen molar-refractivity contribution in [3.63, 3.8) is 0 Å². The summed E-state index contributed by atoms with van der Waals surface area (Å²) in [4.78, 5) is 14.7. The molecule has 21 heavy (non-hydrogen) atoms. The number of allylic oxidation sites excluding steroid dienone is 5. The van der Waals surface area contributed by atoms with E-state index in [-0.39, 0.29) is 0 Å². The minimum Gasteiger partial charge on any atom is -0.370 e. The van der Waals surface area contributed by atoms with Crippen LogP contribution < -0.4 is 5.90 Å². The van der Waals surface area contributed by atoms with Crippen molar-refractivity contribution >= 4 is 5.97 Å². The second-order valence-corrected chi connectivity index (χ2v) is 5.23. The molecule has 0 aromatic rings. The SMILES string of the molecule is CCCCCCCCCCC/C=C/C=C/C=C/C(=O)ON. The van der Waals surface area contributed by atoms with Crippen molar-refractivity contribution < 1.29 is 9.63 Å². The van der Waals surface area contributed by atoms with E-state index in [1.54, 1.807) is 12.2 Å². The first-order valence-electron chi connectivity index (χ1n) is 8.21. The van der Waals surface area contributed by atoms with E-state index in [4.69, 9.17) is 5.90 Å². The summed E-state index contributed by atoms with van der Waals surface area (Å²) < 4.78 is 0. The first kappa shape index (κ1) is 19.7. The second kappa shape index (κ2) is 16.7. The highest BCUT2D eigenvalue weighted by Crippen LogP contribution is 2.10. The summed E-state index contributed by atoms with van der Waals surface area (Å²) in [6.45, 7) is 2.26. The molecule has 0 aliphatic heterocycles. The predicted octanol–water partition coefficient (Wildman–Crippen LogP) is 4.99. The molecular formula is C18H31NO2. The van der Waals surface area contributed by atoms with Gasteiger partial charge >= 0.3 is 5.97 Å². The maximum absolute atomic E-state index is 10.7. The predicted molar refractivity (Wildman–Crippen MR) is 89.5 cm³/mol. The topological polar surface area (TPSA) is 52.3 Å². The van der Waals surface area contributed by atoms with Gasteiger partial charge in [0.2, 0.25) is 0 Å². The van der Waals surface area contributed by atoms with Gasteiger partial charge in [0.15, 0.2) is 0 Å². The van der Waals surface area contributed by atoms with E-state index in [1.165, 1.54) is 63.9 Å². The minimum absolute atomic E-state index is 0.543. The third-order valence-electron chi connectivity index (χ3n) is 3.29. The molecule has 0 heterocycles. The molecule has 0 aromatic carbocycles. The van der Waals surface area contributed by atoms with Crippen LogP contribution in [-0.2, 0) is 9.63 Å². The Labute approximate surface area is 129 Å². The summed E-state index contributed by atoms with van der Waals surface area (Å²) in [6, 6.07) is 0. The van der Waals surface area contributed by atoms with Crippen molar-refractivity contribution in [3.05, 3.63) is 36.5 Å². The van der Waals surface area contributed by atoms with E-state index < -0.39 is 5.97 Å². The highest BCUT2D eigenvalue weighted by atomic mass is 16.7. The number of hydrogen-bond donors (Lipinski definition) is 1. The molecule has 0 atom stereocenters. The van der Waals surface area contributed by atoms with E-state index in [9.17, 15) is 4.79 Å². The van der Waals surface area contributed by atoms with Gasteiger partial charge in [-0.2, -0.15) is 5.90 Å². The summed E-state index contributed by atoms with van der Waals surface area (Å²) in [7, 11) is 0. The molecule has 3 heteroatoms. The highest BCUT2D eigenvalue weighted by Gasteiger charge is 1.91. The van der Waals surface area contributed by atoms with Crippen molar-refractivity contribution in [2.24, 2.45) is 5.90 Å². The number of nitrogens with two attached hydrogens (primary N) is 1. The van der Waals surface area contributed by atoms with Crippen LogP contribution in [0.25, 0.3) is 0 Å². The van der Waals surface area contributed by atoms with E-state index >= 15 is 0 Å². The van der Waals surface area contributed by atoms with Crippen LogP contribution in [0.4, 0.5) is 0 Å². The molecule has 2 N–H and O–H groups in total. The van der Waals surface area contributed by atoms with Gasteiger partial charge in [-0.25, -0.2) is 4.79 Å². The lowest BCUT2D eigenvalue weighted by Gasteiger charge is -2.00. The Morgan fingerprint density at radius 2 is 1.43 bits per heavy atom. The molecule has 0 bridgehead atoms. The first-order chi connectivity index (χ1) is 10.3. The summed E-state index contributed by atoms with van der Waals surface area (Å²) >= 11 is 0. The smallest absolute Gasteiger partial charge is 0.349 e. The summed E-state index contributed by atoms with van der Waals surface area (Å²) in [5.41, 5.74) is 0. The maximum atomic E-state index is 10.7. The third kappa shape index (κ3) is 16.6. The normalized spacial score (nSPS) is 11.9. The van der Waals surface area contributed by atoms with Crippen molar-refractivity contribution in [1.82, 2.24) is 0 Å². The van der Waals surface area contributed by atoms with Crippen LogP contribution in [0.2, 0.25) is 0 Å². The van der Waals surface area contributed by atoms with E-state index in [2.05, 4.69) is 17.8 Å². The van der Waals surface area contributed by atoms with Gasteiger partial charge in [-0.3, -0.25) is 0 Å². The Kier molecular flexibility index (Phi) is 15.6. The third-order valence-corrected chi connectivity index (χ3v) is 3.29. The average Bonchev–Trinajstić information content (AvgIpc) is 2.50. The highest BCUT2D eigenvalue weighted by molar-refractivity contribution is 5.81. The van der Waals surface area contributed by atoms with Crippen molar-refractivity contribution in [3.8, 4) is 0 Å².